The van der Waals surface area contributed by atoms with Gasteiger partial charge in [0.05, 0.1) is 0 Å². The van der Waals surface area contributed by atoms with Crippen LogP contribution >= 0.6 is 0 Å². The molecule has 2 atom stereocenters. The zero-order valence-corrected chi connectivity index (χ0v) is 17.8. The molecule has 5 nitrogen and oxygen atoms in total. The molecular formula is C24H37N3O2. The van der Waals surface area contributed by atoms with Crippen LogP contribution in [0.25, 0.3) is 0 Å². The van der Waals surface area contributed by atoms with Gasteiger partial charge in [0.15, 0.2) is 0 Å². The minimum atomic E-state index is 0.182. The lowest BCUT2D eigenvalue weighted by atomic mass is 9.89. The third kappa shape index (κ3) is 5.80. The molecule has 1 aromatic rings. The van der Waals surface area contributed by atoms with Gasteiger partial charge in [-0.2, -0.15) is 0 Å². The number of ether oxygens (including phenoxy) is 1. The van der Waals surface area contributed by atoms with Crippen molar-refractivity contribution in [3.05, 3.63) is 35.9 Å². The summed E-state index contributed by atoms with van der Waals surface area (Å²) in [6.45, 7) is 9.39. The highest BCUT2D eigenvalue weighted by Crippen LogP contribution is 2.27. The predicted molar refractivity (Wildman–Crippen MR) is 116 cm³/mol. The minimum absolute atomic E-state index is 0.182. The van der Waals surface area contributed by atoms with E-state index >= 15 is 0 Å². The lowest BCUT2D eigenvalue weighted by molar-refractivity contribution is 0.00376. The molecule has 0 saturated carbocycles. The first-order valence-electron chi connectivity index (χ1n) is 11.7. The maximum atomic E-state index is 12.8. The third-order valence-electron chi connectivity index (χ3n) is 6.91. The summed E-state index contributed by atoms with van der Waals surface area (Å²) < 4.78 is 6.06. The van der Waals surface area contributed by atoms with Crippen LogP contribution < -0.4 is 0 Å². The Kier molecular flexibility index (Phi) is 7.58. The summed E-state index contributed by atoms with van der Waals surface area (Å²) in [6, 6.07) is 10.2. The molecule has 0 aromatic heterocycles. The molecule has 1 amide bonds. The fourth-order valence-electron chi connectivity index (χ4n) is 5.18. The van der Waals surface area contributed by atoms with Crippen LogP contribution in [0.5, 0.6) is 0 Å². The van der Waals surface area contributed by atoms with Gasteiger partial charge in [-0.15, -0.1) is 0 Å². The van der Waals surface area contributed by atoms with Crippen LogP contribution in [0.4, 0.5) is 0 Å². The summed E-state index contributed by atoms with van der Waals surface area (Å²) in [7, 11) is 0. The molecule has 0 spiro atoms. The normalized spacial score (nSPS) is 26.3. The van der Waals surface area contributed by atoms with E-state index in [2.05, 4.69) is 14.7 Å². The van der Waals surface area contributed by atoms with Crippen LogP contribution in [0.3, 0.4) is 0 Å². The Hall–Kier alpha value is -1.43. The van der Waals surface area contributed by atoms with E-state index in [4.69, 9.17) is 4.74 Å². The number of hydrogen-bond acceptors (Lipinski definition) is 4. The van der Waals surface area contributed by atoms with Crippen LogP contribution in [0.15, 0.2) is 30.3 Å². The van der Waals surface area contributed by atoms with Crippen molar-refractivity contribution in [1.29, 1.82) is 0 Å². The van der Waals surface area contributed by atoms with Gasteiger partial charge in [-0.25, -0.2) is 0 Å². The topological polar surface area (TPSA) is 36.0 Å². The smallest absolute Gasteiger partial charge is 0.253 e. The van der Waals surface area contributed by atoms with Gasteiger partial charge >= 0.3 is 0 Å². The summed E-state index contributed by atoms with van der Waals surface area (Å²) in [5, 5.41) is 0. The molecule has 29 heavy (non-hydrogen) atoms. The lowest BCUT2D eigenvalue weighted by Crippen LogP contribution is -2.57. The van der Waals surface area contributed by atoms with E-state index in [-0.39, 0.29) is 5.91 Å². The second-order valence-electron chi connectivity index (χ2n) is 9.03. The van der Waals surface area contributed by atoms with Crippen LogP contribution in [0.2, 0.25) is 0 Å². The maximum absolute atomic E-state index is 12.8. The average Bonchev–Trinajstić information content (AvgIpc) is 2.79. The molecule has 0 N–H and O–H groups in total. The van der Waals surface area contributed by atoms with E-state index in [0.29, 0.717) is 12.0 Å². The van der Waals surface area contributed by atoms with E-state index in [9.17, 15) is 4.79 Å². The van der Waals surface area contributed by atoms with Crippen molar-refractivity contribution in [2.24, 2.45) is 5.92 Å². The van der Waals surface area contributed by atoms with Crippen LogP contribution in [-0.4, -0.2) is 85.7 Å². The van der Waals surface area contributed by atoms with Crippen molar-refractivity contribution < 1.29 is 9.53 Å². The highest BCUT2D eigenvalue weighted by molar-refractivity contribution is 5.94. The quantitative estimate of drug-likeness (QED) is 0.660. The number of nitrogens with zero attached hydrogens (tertiary/aromatic N) is 3. The monoisotopic (exact) mass is 399 g/mol. The zero-order chi connectivity index (χ0) is 19.9. The molecular weight excluding hydrogens is 362 g/mol. The van der Waals surface area contributed by atoms with Gasteiger partial charge in [-0.05, 0) is 69.8 Å². The number of likely N-dealkylation sites (tertiary alicyclic amines) is 1. The van der Waals surface area contributed by atoms with Crippen LogP contribution in [-0.2, 0) is 4.74 Å². The first-order valence-corrected chi connectivity index (χ1v) is 11.7. The Morgan fingerprint density at radius 3 is 2.66 bits per heavy atom. The average molecular weight is 400 g/mol. The highest BCUT2D eigenvalue weighted by atomic mass is 16.5. The second kappa shape index (κ2) is 10.6. The van der Waals surface area contributed by atoms with Gasteiger partial charge in [0, 0.05) is 51.0 Å². The molecule has 0 bridgehead atoms. The summed E-state index contributed by atoms with van der Waals surface area (Å²) in [5.41, 5.74) is 0.811. The molecule has 3 aliphatic heterocycles. The number of carbonyl (C=O) groups is 1. The Morgan fingerprint density at radius 1 is 1.00 bits per heavy atom. The first kappa shape index (κ1) is 20.8. The van der Waals surface area contributed by atoms with Gasteiger partial charge in [0.25, 0.3) is 5.91 Å². The molecule has 4 rings (SSSR count). The number of carbonyl (C=O) groups excluding carboxylic acids is 1. The first-order chi connectivity index (χ1) is 14.3. The van der Waals surface area contributed by atoms with Crippen LogP contribution in [0, 0.1) is 5.92 Å². The summed E-state index contributed by atoms with van der Waals surface area (Å²) >= 11 is 0. The number of rotatable bonds is 7. The molecule has 3 aliphatic rings. The SMILES string of the molecule is O=C(c1ccccc1)N1CCN2CCC(COCCCN3CCCCC3)CC2C1. The van der Waals surface area contributed by atoms with Gasteiger partial charge in [0.1, 0.15) is 0 Å². The van der Waals surface area contributed by atoms with Crippen molar-refractivity contribution in [3.63, 3.8) is 0 Å². The van der Waals surface area contributed by atoms with Crippen molar-refractivity contribution >= 4 is 5.91 Å². The molecule has 0 radical (unpaired) electrons. The Balaban J connectivity index is 1.17. The standard InChI is InChI=1S/C24H37N3O2/c28-24(22-8-3-1-4-9-22)27-16-15-26-14-10-21(18-23(26)19-27)20-29-17-7-13-25-11-5-2-6-12-25/h1,3-4,8-9,21,23H,2,5-7,10-20H2. The van der Waals surface area contributed by atoms with Crippen LogP contribution in [0.1, 0.15) is 48.9 Å². The predicted octanol–water partition coefficient (Wildman–Crippen LogP) is 3.12. The number of amides is 1. The molecule has 0 aliphatic carbocycles. The van der Waals surface area contributed by atoms with Gasteiger partial charge in [-0.1, -0.05) is 24.6 Å². The zero-order valence-electron chi connectivity index (χ0n) is 17.8. The Bertz CT molecular complexity index is 632. The highest BCUT2D eigenvalue weighted by Gasteiger charge is 2.34. The third-order valence-corrected chi connectivity index (χ3v) is 6.91. The molecule has 3 heterocycles. The van der Waals surface area contributed by atoms with E-state index in [1.807, 2.05) is 30.3 Å². The van der Waals surface area contributed by atoms with Gasteiger partial charge in [-0.3, -0.25) is 9.69 Å². The number of piperazine rings is 1. The molecule has 160 valence electrons. The number of benzene rings is 1. The number of hydrogen-bond donors (Lipinski definition) is 0. The Labute approximate surface area is 176 Å². The second-order valence-corrected chi connectivity index (χ2v) is 9.03. The summed E-state index contributed by atoms with van der Waals surface area (Å²) in [5.74, 6) is 0.819. The number of piperidine rings is 2. The van der Waals surface area contributed by atoms with Crippen molar-refractivity contribution in [3.8, 4) is 0 Å². The van der Waals surface area contributed by atoms with Crippen molar-refractivity contribution in [1.82, 2.24) is 14.7 Å². The maximum Gasteiger partial charge on any atom is 0.253 e. The fourth-order valence-corrected chi connectivity index (χ4v) is 5.18. The molecule has 5 heteroatoms. The van der Waals surface area contributed by atoms with Crippen molar-refractivity contribution in [2.45, 2.75) is 44.6 Å². The Morgan fingerprint density at radius 2 is 1.83 bits per heavy atom. The van der Waals surface area contributed by atoms with Gasteiger partial charge in [0.2, 0.25) is 0 Å². The van der Waals surface area contributed by atoms with E-state index in [1.165, 1.54) is 45.3 Å². The largest absolute Gasteiger partial charge is 0.381 e. The van der Waals surface area contributed by atoms with E-state index in [0.717, 1.165) is 57.8 Å². The minimum Gasteiger partial charge on any atom is -0.381 e. The van der Waals surface area contributed by atoms with Gasteiger partial charge < -0.3 is 14.5 Å². The number of fused-ring (bicyclic) bond motifs is 1. The van der Waals surface area contributed by atoms with Crippen molar-refractivity contribution in [2.75, 3.05) is 59.0 Å². The van der Waals surface area contributed by atoms with E-state index in [1.54, 1.807) is 0 Å². The lowest BCUT2D eigenvalue weighted by Gasteiger charge is -2.46. The molecule has 3 saturated heterocycles. The molecule has 3 fully saturated rings. The van der Waals surface area contributed by atoms with E-state index < -0.39 is 0 Å². The molecule has 1 aromatic carbocycles. The molecule has 2 unspecified atom stereocenters. The fraction of sp³-hybridized carbons (Fsp3) is 0.708. The summed E-state index contributed by atoms with van der Waals surface area (Å²) in [4.78, 5) is 20.0. The summed E-state index contributed by atoms with van der Waals surface area (Å²) in [6.07, 6.45) is 7.68.